The van der Waals surface area contributed by atoms with Gasteiger partial charge in [-0.1, -0.05) is 13.8 Å². The molecule has 1 rings (SSSR count). The lowest BCUT2D eigenvalue weighted by molar-refractivity contribution is 0.408. The topological polar surface area (TPSA) is 59.3 Å². The van der Waals surface area contributed by atoms with Gasteiger partial charge in [-0.25, -0.2) is 5.43 Å². The number of hydrazine groups is 1. The molecule has 0 aliphatic carbocycles. The smallest absolute Gasteiger partial charge is 0.122 e. The predicted molar refractivity (Wildman–Crippen MR) is 80.4 cm³/mol. The molecule has 0 heterocycles. The highest BCUT2D eigenvalue weighted by Crippen LogP contribution is 2.35. The van der Waals surface area contributed by atoms with Crippen molar-refractivity contribution in [2.24, 2.45) is 5.84 Å². The van der Waals surface area contributed by atoms with Crippen molar-refractivity contribution in [3.8, 4) is 5.75 Å². The molecule has 0 spiro atoms. The molecular formula is C15H27N3O. The summed E-state index contributed by atoms with van der Waals surface area (Å²) in [5.74, 6) is 6.25. The van der Waals surface area contributed by atoms with E-state index in [9.17, 15) is 0 Å². The fourth-order valence-electron chi connectivity index (χ4n) is 2.83. The number of aryl methyl sites for hydroxylation is 1. The zero-order valence-electron chi connectivity index (χ0n) is 13.0. The quantitative estimate of drug-likeness (QED) is 0.318. The summed E-state index contributed by atoms with van der Waals surface area (Å²) in [6.45, 7) is 12.4. The molecule has 4 heteroatoms. The second kappa shape index (κ2) is 6.37. The Morgan fingerprint density at radius 2 is 1.84 bits per heavy atom. The van der Waals surface area contributed by atoms with Gasteiger partial charge < -0.3 is 10.1 Å². The molecule has 0 aliphatic rings. The van der Waals surface area contributed by atoms with E-state index in [0.717, 1.165) is 12.3 Å². The Morgan fingerprint density at radius 3 is 2.37 bits per heavy atom. The van der Waals surface area contributed by atoms with E-state index in [-0.39, 0.29) is 5.41 Å². The zero-order chi connectivity index (χ0) is 14.6. The molecule has 0 amide bonds. The van der Waals surface area contributed by atoms with Crippen molar-refractivity contribution in [1.29, 1.82) is 0 Å². The van der Waals surface area contributed by atoms with Gasteiger partial charge in [-0.15, -0.1) is 0 Å². The molecule has 0 saturated carbocycles. The lowest BCUT2D eigenvalue weighted by atomic mass is 9.78. The fourth-order valence-corrected chi connectivity index (χ4v) is 2.83. The summed E-state index contributed by atoms with van der Waals surface area (Å²) < 4.78 is 5.43. The van der Waals surface area contributed by atoms with Crippen LogP contribution >= 0.6 is 0 Å². The summed E-state index contributed by atoms with van der Waals surface area (Å²) in [6.07, 6.45) is 0. The van der Waals surface area contributed by atoms with Gasteiger partial charge in [0.25, 0.3) is 0 Å². The third-order valence-corrected chi connectivity index (χ3v) is 3.74. The molecule has 0 atom stereocenters. The Kier molecular flexibility index (Phi) is 5.35. The number of nitrogens with two attached hydrogens (primary N) is 1. The van der Waals surface area contributed by atoms with Crippen LogP contribution in [0.2, 0.25) is 0 Å². The van der Waals surface area contributed by atoms with Gasteiger partial charge in [0.2, 0.25) is 0 Å². The number of rotatable bonds is 6. The number of hydrogen-bond donors (Lipinski definition) is 3. The summed E-state index contributed by atoms with van der Waals surface area (Å²) in [5.41, 5.74) is 7.84. The normalized spacial score (nSPS) is 11.7. The maximum Gasteiger partial charge on any atom is 0.122 e. The van der Waals surface area contributed by atoms with Gasteiger partial charge in [0.1, 0.15) is 5.75 Å². The van der Waals surface area contributed by atoms with Crippen molar-refractivity contribution in [2.45, 2.75) is 40.0 Å². The lowest BCUT2D eigenvalue weighted by Crippen LogP contribution is -2.41. The van der Waals surface area contributed by atoms with Crippen LogP contribution in [0.4, 0.5) is 0 Å². The number of hydrogen-bond acceptors (Lipinski definition) is 4. The standard InChI is InChI=1S/C15H27N3O/c1-10-7-13(19-6)11(2)12(3)14(10)15(4,5)8-17-9-18-16/h7,17-18H,8-9,16H2,1-6H3. The van der Waals surface area contributed by atoms with E-state index in [1.165, 1.54) is 22.3 Å². The molecule has 1 aromatic rings. The van der Waals surface area contributed by atoms with E-state index in [2.05, 4.69) is 51.4 Å². The maximum absolute atomic E-state index is 5.43. The number of ether oxygens (including phenoxy) is 1. The van der Waals surface area contributed by atoms with Crippen molar-refractivity contribution in [2.75, 3.05) is 20.3 Å². The molecule has 4 nitrogen and oxygen atoms in total. The van der Waals surface area contributed by atoms with Crippen LogP contribution in [0.1, 0.15) is 36.1 Å². The molecule has 0 bridgehead atoms. The molecule has 19 heavy (non-hydrogen) atoms. The number of nitrogens with one attached hydrogen (secondary N) is 2. The van der Waals surface area contributed by atoms with Crippen LogP contribution in [0.15, 0.2) is 6.07 Å². The Morgan fingerprint density at radius 1 is 1.21 bits per heavy atom. The first-order chi connectivity index (χ1) is 8.85. The monoisotopic (exact) mass is 265 g/mol. The Bertz CT molecular complexity index is 442. The summed E-state index contributed by atoms with van der Waals surface area (Å²) in [6, 6.07) is 2.13. The van der Waals surface area contributed by atoms with Gasteiger partial charge in [-0.3, -0.25) is 5.84 Å². The van der Waals surface area contributed by atoms with Crippen LogP contribution in [0.5, 0.6) is 5.75 Å². The minimum atomic E-state index is 0.0437. The molecule has 0 aliphatic heterocycles. The second-order valence-corrected chi connectivity index (χ2v) is 5.71. The largest absolute Gasteiger partial charge is 0.496 e. The molecule has 0 saturated heterocycles. The second-order valence-electron chi connectivity index (χ2n) is 5.71. The average molecular weight is 265 g/mol. The van der Waals surface area contributed by atoms with Crippen molar-refractivity contribution in [3.63, 3.8) is 0 Å². The zero-order valence-corrected chi connectivity index (χ0v) is 13.0. The maximum atomic E-state index is 5.43. The van der Waals surface area contributed by atoms with Crippen LogP contribution in [0.25, 0.3) is 0 Å². The molecule has 108 valence electrons. The summed E-state index contributed by atoms with van der Waals surface area (Å²) >= 11 is 0. The molecule has 1 aromatic carbocycles. The van der Waals surface area contributed by atoms with Gasteiger partial charge in [0.15, 0.2) is 0 Å². The van der Waals surface area contributed by atoms with Crippen LogP contribution < -0.4 is 21.3 Å². The van der Waals surface area contributed by atoms with Gasteiger partial charge in [-0.2, -0.15) is 0 Å². The molecule has 0 fully saturated rings. The Labute approximate surface area is 116 Å². The van der Waals surface area contributed by atoms with Crippen molar-refractivity contribution >= 4 is 0 Å². The number of methoxy groups -OCH3 is 1. The van der Waals surface area contributed by atoms with E-state index >= 15 is 0 Å². The van der Waals surface area contributed by atoms with Crippen molar-refractivity contribution in [3.05, 3.63) is 28.3 Å². The lowest BCUT2D eigenvalue weighted by Gasteiger charge is -2.31. The van der Waals surface area contributed by atoms with Gasteiger partial charge >= 0.3 is 0 Å². The highest BCUT2D eigenvalue weighted by molar-refractivity contribution is 5.51. The highest BCUT2D eigenvalue weighted by Gasteiger charge is 2.26. The Balaban J connectivity index is 3.15. The number of benzene rings is 1. The van der Waals surface area contributed by atoms with Gasteiger partial charge in [0, 0.05) is 12.0 Å². The minimum Gasteiger partial charge on any atom is -0.496 e. The van der Waals surface area contributed by atoms with E-state index < -0.39 is 0 Å². The molecule has 0 unspecified atom stereocenters. The van der Waals surface area contributed by atoms with Crippen LogP contribution in [0, 0.1) is 20.8 Å². The minimum absolute atomic E-state index is 0.0437. The van der Waals surface area contributed by atoms with Gasteiger partial charge in [-0.05, 0) is 49.1 Å². The molecule has 0 aromatic heterocycles. The van der Waals surface area contributed by atoms with Crippen molar-refractivity contribution < 1.29 is 4.74 Å². The van der Waals surface area contributed by atoms with E-state index in [1.807, 2.05) is 0 Å². The van der Waals surface area contributed by atoms with Crippen molar-refractivity contribution in [1.82, 2.24) is 10.7 Å². The molecule has 0 radical (unpaired) electrons. The average Bonchev–Trinajstić information content (AvgIpc) is 2.33. The van der Waals surface area contributed by atoms with E-state index in [4.69, 9.17) is 10.6 Å². The third kappa shape index (κ3) is 3.47. The predicted octanol–water partition coefficient (Wildman–Crippen LogP) is 1.91. The first-order valence-electron chi connectivity index (χ1n) is 6.64. The first-order valence-corrected chi connectivity index (χ1v) is 6.64. The van der Waals surface area contributed by atoms with E-state index in [1.54, 1.807) is 7.11 Å². The molecule has 4 N–H and O–H groups in total. The third-order valence-electron chi connectivity index (χ3n) is 3.74. The Hall–Kier alpha value is -1.10. The summed E-state index contributed by atoms with van der Waals surface area (Å²) in [7, 11) is 1.72. The molecular weight excluding hydrogens is 238 g/mol. The van der Waals surface area contributed by atoms with Crippen LogP contribution in [-0.2, 0) is 5.41 Å². The first kappa shape index (κ1) is 16.0. The van der Waals surface area contributed by atoms with E-state index in [0.29, 0.717) is 6.67 Å². The fraction of sp³-hybridized carbons (Fsp3) is 0.600. The highest BCUT2D eigenvalue weighted by atomic mass is 16.5. The summed E-state index contributed by atoms with van der Waals surface area (Å²) in [5, 5.41) is 3.31. The van der Waals surface area contributed by atoms with Crippen LogP contribution in [-0.4, -0.2) is 20.3 Å². The SMILES string of the molecule is COc1cc(C)c(C(C)(C)CNCNN)c(C)c1C. The van der Waals surface area contributed by atoms with Crippen LogP contribution in [0.3, 0.4) is 0 Å². The van der Waals surface area contributed by atoms with Gasteiger partial charge in [0.05, 0.1) is 13.8 Å². The summed E-state index contributed by atoms with van der Waals surface area (Å²) in [4.78, 5) is 0.